The quantitative estimate of drug-likeness (QED) is 0.764. The largest absolute Gasteiger partial charge is 0.445 e. The van der Waals surface area contributed by atoms with Crippen molar-refractivity contribution in [3.8, 4) is 0 Å². The van der Waals surface area contributed by atoms with Crippen LogP contribution < -0.4 is 5.32 Å². The fourth-order valence-corrected chi connectivity index (χ4v) is 2.12. The lowest BCUT2D eigenvalue weighted by Gasteiger charge is -2.38. The van der Waals surface area contributed by atoms with Gasteiger partial charge in [-0.1, -0.05) is 26.5 Å². The number of amides is 1. The van der Waals surface area contributed by atoms with Gasteiger partial charge in [-0.25, -0.2) is 4.79 Å². The number of nitrogens with one attached hydrogen (secondary N) is 1. The van der Waals surface area contributed by atoms with Crippen LogP contribution in [0.2, 0.25) is 0 Å². The van der Waals surface area contributed by atoms with Crippen LogP contribution in [0.25, 0.3) is 0 Å². The first-order valence-corrected chi connectivity index (χ1v) is 6.32. The van der Waals surface area contributed by atoms with Gasteiger partial charge >= 0.3 is 6.09 Å². The maximum absolute atomic E-state index is 11.8. The molecule has 1 N–H and O–H groups in total. The van der Waals surface area contributed by atoms with E-state index in [4.69, 9.17) is 4.74 Å². The molecule has 1 aliphatic rings. The molecule has 2 atom stereocenters. The molecule has 1 heterocycles. The smallest absolute Gasteiger partial charge is 0.410 e. The van der Waals surface area contributed by atoms with Gasteiger partial charge in [-0.15, -0.1) is 0 Å². The van der Waals surface area contributed by atoms with E-state index >= 15 is 0 Å². The zero-order chi connectivity index (χ0) is 12.8. The number of nitrogens with zero attached hydrogens (tertiary/aromatic N) is 1. The molecule has 4 heteroatoms. The van der Waals surface area contributed by atoms with Crippen LogP contribution in [0, 0.1) is 5.92 Å². The van der Waals surface area contributed by atoms with Crippen LogP contribution in [0.1, 0.15) is 27.2 Å². The highest BCUT2D eigenvalue weighted by molar-refractivity contribution is 5.68. The van der Waals surface area contributed by atoms with Gasteiger partial charge in [0.1, 0.15) is 6.61 Å². The lowest BCUT2D eigenvalue weighted by atomic mass is 10.0. The van der Waals surface area contributed by atoms with Gasteiger partial charge in [0.2, 0.25) is 0 Å². The molecule has 0 aliphatic carbocycles. The van der Waals surface area contributed by atoms with Crippen LogP contribution in [0.4, 0.5) is 4.79 Å². The van der Waals surface area contributed by atoms with E-state index in [9.17, 15) is 4.79 Å². The Morgan fingerprint density at radius 1 is 1.65 bits per heavy atom. The van der Waals surface area contributed by atoms with Crippen LogP contribution in [0.3, 0.4) is 0 Å². The van der Waals surface area contributed by atoms with Crippen LogP contribution in [-0.4, -0.2) is 42.8 Å². The molecule has 17 heavy (non-hydrogen) atoms. The third-order valence-corrected chi connectivity index (χ3v) is 2.97. The van der Waals surface area contributed by atoms with E-state index in [0.29, 0.717) is 12.0 Å². The van der Waals surface area contributed by atoms with Gasteiger partial charge in [-0.3, -0.25) is 0 Å². The molecule has 2 unspecified atom stereocenters. The first kappa shape index (κ1) is 14.0. The summed E-state index contributed by atoms with van der Waals surface area (Å²) < 4.78 is 5.10. The number of hydrogen-bond donors (Lipinski definition) is 1. The first-order chi connectivity index (χ1) is 8.04. The summed E-state index contributed by atoms with van der Waals surface area (Å²) in [4.78, 5) is 13.6. The van der Waals surface area contributed by atoms with Crippen molar-refractivity contribution < 1.29 is 9.53 Å². The maximum Gasteiger partial charge on any atom is 0.410 e. The second-order valence-corrected chi connectivity index (χ2v) is 5.10. The van der Waals surface area contributed by atoms with E-state index in [1.165, 1.54) is 0 Å². The zero-order valence-electron chi connectivity index (χ0n) is 11.1. The lowest BCUT2D eigenvalue weighted by Crippen LogP contribution is -2.57. The molecule has 0 aromatic heterocycles. The molecule has 1 fully saturated rings. The summed E-state index contributed by atoms with van der Waals surface area (Å²) in [6.45, 7) is 11.8. The molecule has 0 spiro atoms. The summed E-state index contributed by atoms with van der Waals surface area (Å²) in [5.41, 5.74) is 0. The van der Waals surface area contributed by atoms with Gasteiger partial charge in [-0.2, -0.15) is 0 Å². The second-order valence-electron chi connectivity index (χ2n) is 5.10. The van der Waals surface area contributed by atoms with Crippen molar-refractivity contribution in [3.05, 3.63) is 12.7 Å². The van der Waals surface area contributed by atoms with Gasteiger partial charge in [0.25, 0.3) is 0 Å². The minimum absolute atomic E-state index is 0.190. The Morgan fingerprint density at radius 2 is 2.35 bits per heavy atom. The maximum atomic E-state index is 11.8. The molecule has 0 bridgehead atoms. The van der Waals surface area contributed by atoms with E-state index < -0.39 is 0 Å². The molecule has 4 nitrogen and oxygen atoms in total. The van der Waals surface area contributed by atoms with Crippen LogP contribution in [0.5, 0.6) is 0 Å². The van der Waals surface area contributed by atoms with E-state index in [2.05, 4.69) is 25.7 Å². The minimum Gasteiger partial charge on any atom is -0.445 e. The molecular formula is C13H24N2O2. The van der Waals surface area contributed by atoms with Gasteiger partial charge in [0, 0.05) is 25.2 Å². The van der Waals surface area contributed by atoms with E-state index in [-0.39, 0.29) is 18.7 Å². The van der Waals surface area contributed by atoms with Crippen LogP contribution in [0.15, 0.2) is 12.7 Å². The number of hydrogen-bond acceptors (Lipinski definition) is 3. The fraction of sp³-hybridized carbons (Fsp3) is 0.769. The SMILES string of the molecule is C=CCOC(=O)N1CC(CC(C)C)NCC1C. The molecule has 1 amide bonds. The van der Waals surface area contributed by atoms with Crippen molar-refractivity contribution in [1.29, 1.82) is 0 Å². The Kier molecular flexibility index (Phi) is 5.48. The third-order valence-electron chi connectivity index (χ3n) is 2.97. The minimum atomic E-state index is -0.229. The average Bonchev–Trinajstić information content (AvgIpc) is 2.28. The standard InChI is InChI=1S/C13H24N2O2/c1-5-6-17-13(16)15-9-12(7-10(2)3)14-8-11(15)4/h5,10-12,14H,1,6-9H2,2-4H3. The summed E-state index contributed by atoms with van der Waals surface area (Å²) in [5.74, 6) is 0.631. The third kappa shape index (κ3) is 4.38. The molecule has 0 aromatic rings. The van der Waals surface area contributed by atoms with Crippen molar-refractivity contribution in [2.24, 2.45) is 5.92 Å². The summed E-state index contributed by atoms with van der Waals surface area (Å²) >= 11 is 0. The topological polar surface area (TPSA) is 41.6 Å². The Labute approximate surface area is 104 Å². The first-order valence-electron chi connectivity index (χ1n) is 6.32. The fourth-order valence-electron chi connectivity index (χ4n) is 2.12. The summed E-state index contributed by atoms with van der Waals surface area (Å²) in [6.07, 6.45) is 2.45. The molecule has 1 saturated heterocycles. The number of carbonyl (C=O) groups excluding carboxylic acids is 1. The number of carbonyl (C=O) groups is 1. The molecule has 98 valence electrons. The van der Waals surface area contributed by atoms with E-state index in [0.717, 1.165) is 19.5 Å². The second kappa shape index (κ2) is 6.64. The Hall–Kier alpha value is -1.03. The van der Waals surface area contributed by atoms with Gasteiger partial charge < -0.3 is 15.0 Å². The number of ether oxygens (including phenoxy) is 1. The number of piperazine rings is 1. The Morgan fingerprint density at radius 3 is 2.94 bits per heavy atom. The zero-order valence-corrected chi connectivity index (χ0v) is 11.1. The predicted octanol–water partition coefficient (Wildman–Crippen LogP) is 2.02. The average molecular weight is 240 g/mol. The Balaban J connectivity index is 2.50. The highest BCUT2D eigenvalue weighted by Gasteiger charge is 2.29. The van der Waals surface area contributed by atoms with Gasteiger partial charge in [0.05, 0.1) is 0 Å². The number of rotatable bonds is 4. The molecular weight excluding hydrogens is 216 g/mol. The highest BCUT2D eigenvalue weighted by Crippen LogP contribution is 2.14. The summed E-state index contributed by atoms with van der Waals surface area (Å²) in [6, 6.07) is 0.568. The Bertz CT molecular complexity index is 266. The molecule has 0 aromatic carbocycles. The molecule has 0 saturated carbocycles. The van der Waals surface area contributed by atoms with Crippen molar-refractivity contribution >= 4 is 6.09 Å². The monoisotopic (exact) mass is 240 g/mol. The molecule has 1 aliphatic heterocycles. The van der Waals surface area contributed by atoms with Crippen molar-refractivity contribution in [2.45, 2.75) is 39.3 Å². The van der Waals surface area contributed by atoms with E-state index in [1.807, 2.05) is 11.8 Å². The summed E-state index contributed by atoms with van der Waals surface area (Å²) in [7, 11) is 0. The normalized spacial score (nSPS) is 24.8. The van der Waals surface area contributed by atoms with Crippen molar-refractivity contribution in [1.82, 2.24) is 10.2 Å². The highest BCUT2D eigenvalue weighted by atomic mass is 16.6. The van der Waals surface area contributed by atoms with Crippen molar-refractivity contribution in [2.75, 3.05) is 19.7 Å². The van der Waals surface area contributed by atoms with Crippen molar-refractivity contribution in [3.63, 3.8) is 0 Å². The van der Waals surface area contributed by atoms with E-state index in [1.54, 1.807) is 6.08 Å². The molecule has 1 rings (SSSR count). The van der Waals surface area contributed by atoms with Crippen LogP contribution >= 0.6 is 0 Å². The van der Waals surface area contributed by atoms with Crippen LogP contribution in [-0.2, 0) is 4.74 Å². The summed E-state index contributed by atoms with van der Waals surface area (Å²) in [5, 5.41) is 3.47. The van der Waals surface area contributed by atoms with Gasteiger partial charge in [0.15, 0.2) is 0 Å². The predicted molar refractivity (Wildman–Crippen MR) is 69.0 cm³/mol. The lowest BCUT2D eigenvalue weighted by molar-refractivity contribution is 0.0767. The molecule has 0 radical (unpaired) electrons. The van der Waals surface area contributed by atoms with Gasteiger partial charge in [-0.05, 0) is 19.3 Å².